The second-order valence-corrected chi connectivity index (χ2v) is 6.26. The Labute approximate surface area is 121 Å². The normalized spacial score (nSPS) is 17.9. The van der Waals surface area contributed by atoms with Crippen molar-refractivity contribution in [1.29, 1.82) is 0 Å². The van der Waals surface area contributed by atoms with Crippen molar-refractivity contribution in [2.45, 2.75) is 38.6 Å². The van der Waals surface area contributed by atoms with Gasteiger partial charge in [-0.3, -0.25) is 4.79 Å². The van der Waals surface area contributed by atoms with Crippen molar-refractivity contribution in [2.24, 2.45) is 0 Å². The molecule has 0 aliphatic carbocycles. The van der Waals surface area contributed by atoms with Gasteiger partial charge in [-0.25, -0.2) is 0 Å². The number of benzene rings is 1. The fourth-order valence-corrected chi connectivity index (χ4v) is 2.74. The maximum Gasteiger partial charge on any atom is 0.230 e. The average molecular weight is 272 g/mol. The molecular weight excluding hydrogens is 248 g/mol. The maximum atomic E-state index is 12.9. The summed E-state index contributed by atoms with van der Waals surface area (Å²) in [6, 6.07) is 8.10. The summed E-state index contributed by atoms with van der Waals surface area (Å²) < 4.78 is 0. The molecule has 1 heterocycles. The van der Waals surface area contributed by atoms with Crippen molar-refractivity contribution in [2.75, 3.05) is 18.4 Å². The highest BCUT2D eigenvalue weighted by Gasteiger charge is 2.34. The zero-order chi connectivity index (χ0) is 14.8. The number of hydrogen-bond acceptors (Lipinski definition) is 2. The van der Waals surface area contributed by atoms with Gasteiger partial charge in [0.15, 0.2) is 0 Å². The highest BCUT2D eigenvalue weighted by molar-refractivity contribution is 5.87. The van der Waals surface area contributed by atoms with Gasteiger partial charge < -0.3 is 10.2 Å². The Bertz CT molecular complexity index is 502. The predicted molar refractivity (Wildman–Crippen MR) is 84.0 cm³/mol. The van der Waals surface area contributed by atoms with Gasteiger partial charge in [0.2, 0.25) is 5.91 Å². The van der Waals surface area contributed by atoms with E-state index in [1.54, 1.807) is 6.08 Å². The number of carbonyl (C=O) groups is 1. The molecule has 0 saturated heterocycles. The molecule has 0 fully saturated rings. The molecule has 2 rings (SSSR count). The van der Waals surface area contributed by atoms with E-state index in [0.29, 0.717) is 6.54 Å². The van der Waals surface area contributed by atoms with E-state index in [-0.39, 0.29) is 17.4 Å². The summed E-state index contributed by atoms with van der Waals surface area (Å²) in [7, 11) is 0. The lowest BCUT2D eigenvalue weighted by atomic mass is 9.88. The first-order valence-corrected chi connectivity index (χ1v) is 7.20. The molecule has 3 heteroatoms. The van der Waals surface area contributed by atoms with Crippen LogP contribution in [0.25, 0.3) is 0 Å². The summed E-state index contributed by atoms with van der Waals surface area (Å²) in [6.07, 6.45) is 2.65. The van der Waals surface area contributed by atoms with E-state index < -0.39 is 0 Å². The van der Waals surface area contributed by atoms with E-state index >= 15 is 0 Å². The summed E-state index contributed by atoms with van der Waals surface area (Å²) in [4.78, 5) is 14.9. The Balaban J connectivity index is 2.31. The van der Waals surface area contributed by atoms with Gasteiger partial charge in [-0.1, -0.05) is 24.3 Å². The number of nitrogens with zero attached hydrogens (tertiary/aromatic N) is 1. The molecule has 3 nitrogen and oxygen atoms in total. The summed E-state index contributed by atoms with van der Waals surface area (Å²) in [6.45, 7) is 11.4. The van der Waals surface area contributed by atoms with Crippen LogP contribution in [0.3, 0.4) is 0 Å². The van der Waals surface area contributed by atoms with Crippen molar-refractivity contribution in [3.63, 3.8) is 0 Å². The van der Waals surface area contributed by atoms with Gasteiger partial charge in [-0.05, 0) is 38.8 Å². The summed E-state index contributed by atoms with van der Waals surface area (Å²) in [5, 5.41) is 3.37. The van der Waals surface area contributed by atoms with Crippen molar-refractivity contribution in [3.05, 3.63) is 42.5 Å². The molecule has 0 spiro atoms. The Kier molecular flexibility index (Phi) is 4.17. The predicted octanol–water partition coefficient (Wildman–Crippen LogP) is 3.40. The largest absolute Gasteiger partial charge is 0.385 e. The lowest BCUT2D eigenvalue weighted by Gasteiger charge is -2.39. The Hall–Kier alpha value is -1.77. The third-order valence-electron chi connectivity index (χ3n) is 3.77. The molecule has 1 aromatic carbocycles. The fourth-order valence-electron chi connectivity index (χ4n) is 2.74. The van der Waals surface area contributed by atoms with E-state index in [0.717, 1.165) is 24.2 Å². The minimum Gasteiger partial charge on any atom is -0.385 e. The van der Waals surface area contributed by atoms with Crippen LogP contribution in [-0.4, -0.2) is 29.4 Å². The summed E-state index contributed by atoms with van der Waals surface area (Å²) in [5.74, 6) is 0.151. The number of anilines is 1. The number of fused-ring (bicyclic) bond motifs is 1. The zero-order valence-corrected chi connectivity index (χ0v) is 12.6. The molecule has 1 aromatic rings. The van der Waals surface area contributed by atoms with Gasteiger partial charge in [0.25, 0.3) is 0 Å². The number of rotatable bonds is 3. The van der Waals surface area contributed by atoms with E-state index in [1.807, 2.05) is 23.1 Å². The van der Waals surface area contributed by atoms with Gasteiger partial charge in [0, 0.05) is 24.3 Å². The molecule has 0 saturated carbocycles. The number of para-hydroxylation sites is 1. The highest BCUT2D eigenvalue weighted by atomic mass is 16.2. The Morgan fingerprint density at radius 1 is 1.45 bits per heavy atom. The molecule has 1 amide bonds. The second-order valence-electron chi connectivity index (χ2n) is 6.26. The molecule has 0 radical (unpaired) electrons. The Morgan fingerprint density at radius 3 is 2.80 bits per heavy atom. The quantitative estimate of drug-likeness (QED) is 0.855. The topological polar surface area (TPSA) is 32.3 Å². The van der Waals surface area contributed by atoms with Crippen molar-refractivity contribution in [3.8, 4) is 0 Å². The SMILES string of the molecule is C=CCN(C(=O)C1CCNc2ccccc21)C(C)(C)C. The number of carbonyl (C=O) groups excluding carboxylic acids is 1. The zero-order valence-electron chi connectivity index (χ0n) is 12.6. The molecule has 1 N–H and O–H groups in total. The van der Waals surface area contributed by atoms with Crippen LogP contribution in [0, 0.1) is 0 Å². The highest BCUT2D eigenvalue weighted by Crippen LogP contribution is 2.34. The van der Waals surface area contributed by atoms with E-state index in [9.17, 15) is 4.79 Å². The van der Waals surface area contributed by atoms with Gasteiger partial charge >= 0.3 is 0 Å². The smallest absolute Gasteiger partial charge is 0.230 e. The lowest BCUT2D eigenvalue weighted by Crippen LogP contribution is -2.48. The first kappa shape index (κ1) is 14.6. The van der Waals surface area contributed by atoms with Gasteiger partial charge in [-0.15, -0.1) is 6.58 Å². The van der Waals surface area contributed by atoms with Crippen LogP contribution < -0.4 is 5.32 Å². The van der Waals surface area contributed by atoms with Crippen LogP contribution in [-0.2, 0) is 4.79 Å². The van der Waals surface area contributed by atoms with Gasteiger partial charge in [0.05, 0.1) is 5.92 Å². The van der Waals surface area contributed by atoms with E-state index in [1.165, 1.54) is 0 Å². The summed E-state index contributed by atoms with van der Waals surface area (Å²) in [5.41, 5.74) is 2.01. The van der Waals surface area contributed by atoms with Crippen LogP contribution in [0.15, 0.2) is 36.9 Å². The molecule has 1 unspecified atom stereocenters. The van der Waals surface area contributed by atoms with E-state index in [4.69, 9.17) is 0 Å². The van der Waals surface area contributed by atoms with Crippen LogP contribution in [0.4, 0.5) is 5.69 Å². The van der Waals surface area contributed by atoms with Gasteiger partial charge in [0.1, 0.15) is 0 Å². The molecule has 0 aromatic heterocycles. The Morgan fingerprint density at radius 2 is 2.15 bits per heavy atom. The minimum atomic E-state index is -0.189. The number of amides is 1. The maximum absolute atomic E-state index is 12.9. The standard InChI is InChI=1S/C17H24N2O/c1-5-12-19(17(2,3)4)16(20)14-10-11-18-15-9-7-6-8-13(14)15/h5-9,14,18H,1,10-12H2,2-4H3. The first-order chi connectivity index (χ1) is 9.45. The monoisotopic (exact) mass is 272 g/mol. The third-order valence-corrected chi connectivity index (χ3v) is 3.77. The first-order valence-electron chi connectivity index (χ1n) is 7.20. The molecule has 1 atom stereocenters. The van der Waals surface area contributed by atoms with Crippen molar-refractivity contribution in [1.82, 2.24) is 4.90 Å². The molecule has 108 valence electrons. The van der Waals surface area contributed by atoms with Crippen LogP contribution in [0.1, 0.15) is 38.7 Å². The van der Waals surface area contributed by atoms with Crippen LogP contribution >= 0.6 is 0 Å². The molecule has 20 heavy (non-hydrogen) atoms. The summed E-state index contributed by atoms with van der Waals surface area (Å²) >= 11 is 0. The average Bonchev–Trinajstić information content (AvgIpc) is 2.42. The van der Waals surface area contributed by atoms with Crippen LogP contribution in [0.2, 0.25) is 0 Å². The van der Waals surface area contributed by atoms with Gasteiger partial charge in [-0.2, -0.15) is 0 Å². The lowest BCUT2D eigenvalue weighted by molar-refractivity contribution is -0.137. The number of hydrogen-bond donors (Lipinski definition) is 1. The number of nitrogens with one attached hydrogen (secondary N) is 1. The minimum absolute atomic E-state index is 0.0494. The molecule has 1 aliphatic heterocycles. The molecule has 0 bridgehead atoms. The molecule has 1 aliphatic rings. The van der Waals surface area contributed by atoms with E-state index in [2.05, 4.69) is 38.7 Å². The van der Waals surface area contributed by atoms with Crippen molar-refractivity contribution >= 4 is 11.6 Å². The molecular formula is C17H24N2O. The van der Waals surface area contributed by atoms with Crippen LogP contribution in [0.5, 0.6) is 0 Å². The third kappa shape index (κ3) is 2.87. The fraction of sp³-hybridized carbons (Fsp3) is 0.471. The second kappa shape index (κ2) is 5.70. The van der Waals surface area contributed by atoms with Crippen molar-refractivity contribution < 1.29 is 4.79 Å².